The average Bonchev–Trinajstić information content (AvgIpc) is 2.26. The van der Waals surface area contributed by atoms with Gasteiger partial charge in [0.1, 0.15) is 0 Å². The lowest BCUT2D eigenvalue weighted by Gasteiger charge is -2.36. The van der Waals surface area contributed by atoms with Crippen LogP contribution in [0.5, 0.6) is 0 Å². The van der Waals surface area contributed by atoms with Crippen LogP contribution in [-0.2, 0) is 4.74 Å². The standard InChI is InChI=1S/C10H21N3O2/c1-8(2)13(7-10(11)12-14)9-3-5-15-6-4-9/h8-9,14H,3-7H2,1-2H3,(H2,11,12). The van der Waals surface area contributed by atoms with E-state index in [9.17, 15) is 0 Å². The van der Waals surface area contributed by atoms with Crippen molar-refractivity contribution in [1.82, 2.24) is 4.90 Å². The summed E-state index contributed by atoms with van der Waals surface area (Å²) in [7, 11) is 0. The molecule has 3 N–H and O–H groups in total. The lowest BCUT2D eigenvalue weighted by molar-refractivity contribution is 0.0288. The Morgan fingerprint density at radius 1 is 1.53 bits per heavy atom. The predicted molar refractivity (Wildman–Crippen MR) is 59.1 cm³/mol. The topological polar surface area (TPSA) is 71.1 Å². The fourth-order valence-electron chi connectivity index (χ4n) is 1.97. The number of hydrogen-bond donors (Lipinski definition) is 2. The Hall–Kier alpha value is -0.810. The van der Waals surface area contributed by atoms with Crippen LogP contribution in [0.25, 0.3) is 0 Å². The van der Waals surface area contributed by atoms with E-state index in [4.69, 9.17) is 15.7 Å². The molecule has 5 nitrogen and oxygen atoms in total. The molecule has 0 saturated carbocycles. The number of oxime groups is 1. The summed E-state index contributed by atoms with van der Waals surface area (Å²) in [5.41, 5.74) is 5.55. The van der Waals surface area contributed by atoms with Crippen LogP contribution in [0.3, 0.4) is 0 Å². The van der Waals surface area contributed by atoms with Crippen molar-refractivity contribution in [2.75, 3.05) is 19.8 Å². The van der Waals surface area contributed by atoms with Gasteiger partial charge in [0.25, 0.3) is 0 Å². The number of ether oxygens (including phenoxy) is 1. The lowest BCUT2D eigenvalue weighted by Crippen LogP contribution is -2.47. The van der Waals surface area contributed by atoms with Gasteiger partial charge in [-0.1, -0.05) is 5.16 Å². The second-order valence-electron chi connectivity index (χ2n) is 4.20. The van der Waals surface area contributed by atoms with Crippen LogP contribution in [0.15, 0.2) is 5.16 Å². The maximum atomic E-state index is 8.58. The van der Waals surface area contributed by atoms with E-state index in [1.54, 1.807) is 0 Å². The van der Waals surface area contributed by atoms with Crippen molar-refractivity contribution >= 4 is 5.84 Å². The molecule has 1 fully saturated rings. The van der Waals surface area contributed by atoms with Gasteiger partial charge in [0.15, 0.2) is 5.84 Å². The van der Waals surface area contributed by atoms with E-state index in [0.717, 1.165) is 26.1 Å². The van der Waals surface area contributed by atoms with E-state index >= 15 is 0 Å². The Labute approximate surface area is 90.9 Å². The van der Waals surface area contributed by atoms with Crippen LogP contribution >= 0.6 is 0 Å². The van der Waals surface area contributed by atoms with Gasteiger partial charge in [-0.15, -0.1) is 0 Å². The highest BCUT2D eigenvalue weighted by atomic mass is 16.5. The molecule has 0 unspecified atom stereocenters. The Bertz CT molecular complexity index is 213. The van der Waals surface area contributed by atoms with Crippen LogP contribution < -0.4 is 5.73 Å². The van der Waals surface area contributed by atoms with Crippen molar-refractivity contribution in [1.29, 1.82) is 0 Å². The molecule has 0 spiro atoms. The van der Waals surface area contributed by atoms with Gasteiger partial charge in [-0.3, -0.25) is 4.90 Å². The van der Waals surface area contributed by atoms with Crippen LogP contribution in [0.2, 0.25) is 0 Å². The third-order valence-electron chi connectivity index (χ3n) is 2.80. The molecule has 1 rings (SSSR count). The summed E-state index contributed by atoms with van der Waals surface area (Å²) in [5, 5.41) is 11.6. The first-order valence-electron chi connectivity index (χ1n) is 5.45. The molecule has 0 aromatic heterocycles. The summed E-state index contributed by atoms with van der Waals surface area (Å²) in [5.74, 6) is 0.273. The Morgan fingerprint density at radius 3 is 2.60 bits per heavy atom. The molecule has 0 bridgehead atoms. The van der Waals surface area contributed by atoms with Crippen molar-refractivity contribution < 1.29 is 9.94 Å². The summed E-state index contributed by atoms with van der Waals surface area (Å²) < 4.78 is 5.32. The Morgan fingerprint density at radius 2 is 2.13 bits per heavy atom. The van der Waals surface area contributed by atoms with Gasteiger partial charge in [-0.25, -0.2) is 0 Å². The molecule has 0 aliphatic carbocycles. The monoisotopic (exact) mass is 215 g/mol. The molecule has 15 heavy (non-hydrogen) atoms. The summed E-state index contributed by atoms with van der Waals surface area (Å²) in [6.45, 7) is 6.40. The second kappa shape index (κ2) is 5.92. The largest absolute Gasteiger partial charge is 0.409 e. The minimum absolute atomic E-state index is 0.273. The minimum Gasteiger partial charge on any atom is -0.409 e. The van der Waals surface area contributed by atoms with E-state index in [1.807, 2.05) is 0 Å². The molecule has 5 heteroatoms. The smallest absolute Gasteiger partial charge is 0.153 e. The number of nitrogens with two attached hydrogens (primary N) is 1. The van der Waals surface area contributed by atoms with E-state index in [0.29, 0.717) is 18.6 Å². The van der Waals surface area contributed by atoms with Crippen LogP contribution in [0.4, 0.5) is 0 Å². The van der Waals surface area contributed by atoms with E-state index in [-0.39, 0.29) is 5.84 Å². The van der Waals surface area contributed by atoms with Crippen LogP contribution in [0.1, 0.15) is 26.7 Å². The molecular formula is C10H21N3O2. The molecule has 1 aliphatic rings. The van der Waals surface area contributed by atoms with Crippen molar-refractivity contribution in [3.63, 3.8) is 0 Å². The lowest BCUT2D eigenvalue weighted by atomic mass is 10.1. The molecule has 0 atom stereocenters. The first kappa shape index (κ1) is 12.3. The summed E-state index contributed by atoms with van der Waals surface area (Å²) >= 11 is 0. The Kier molecular flexibility index (Phi) is 4.84. The third kappa shape index (κ3) is 3.68. The zero-order chi connectivity index (χ0) is 11.3. The molecule has 0 radical (unpaired) electrons. The van der Waals surface area contributed by atoms with Gasteiger partial charge in [-0.2, -0.15) is 0 Å². The summed E-state index contributed by atoms with van der Waals surface area (Å²) in [6.07, 6.45) is 2.05. The van der Waals surface area contributed by atoms with E-state index in [2.05, 4.69) is 23.9 Å². The van der Waals surface area contributed by atoms with Crippen molar-refractivity contribution in [3.05, 3.63) is 0 Å². The molecule has 0 amide bonds. The average molecular weight is 215 g/mol. The fourth-order valence-corrected chi connectivity index (χ4v) is 1.97. The first-order chi connectivity index (χ1) is 7.15. The van der Waals surface area contributed by atoms with E-state index in [1.165, 1.54) is 0 Å². The zero-order valence-electron chi connectivity index (χ0n) is 9.52. The maximum Gasteiger partial charge on any atom is 0.153 e. The SMILES string of the molecule is CC(C)N(CC(N)=NO)C1CCOCC1. The normalized spacial score (nSPS) is 20.1. The van der Waals surface area contributed by atoms with Crippen LogP contribution in [0, 0.1) is 0 Å². The van der Waals surface area contributed by atoms with Gasteiger partial charge in [0.05, 0.1) is 6.54 Å². The number of hydrogen-bond acceptors (Lipinski definition) is 4. The zero-order valence-corrected chi connectivity index (χ0v) is 9.52. The van der Waals surface area contributed by atoms with Gasteiger partial charge in [-0.05, 0) is 26.7 Å². The van der Waals surface area contributed by atoms with Gasteiger partial charge in [0, 0.05) is 25.3 Å². The molecular weight excluding hydrogens is 194 g/mol. The highest BCUT2D eigenvalue weighted by molar-refractivity contribution is 5.81. The maximum absolute atomic E-state index is 8.58. The highest BCUT2D eigenvalue weighted by Crippen LogP contribution is 2.16. The molecule has 0 aromatic carbocycles. The van der Waals surface area contributed by atoms with Crippen molar-refractivity contribution in [2.24, 2.45) is 10.9 Å². The molecule has 1 heterocycles. The van der Waals surface area contributed by atoms with Gasteiger partial charge in [0.2, 0.25) is 0 Å². The summed E-state index contributed by atoms with van der Waals surface area (Å²) in [6, 6.07) is 0.882. The van der Waals surface area contributed by atoms with E-state index < -0.39 is 0 Å². The molecule has 0 aromatic rings. The highest BCUT2D eigenvalue weighted by Gasteiger charge is 2.24. The van der Waals surface area contributed by atoms with Gasteiger partial charge < -0.3 is 15.7 Å². The number of amidine groups is 1. The minimum atomic E-state index is 0.273. The van der Waals surface area contributed by atoms with Gasteiger partial charge >= 0.3 is 0 Å². The molecule has 1 aliphatic heterocycles. The van der Waals surface area contributed by atoms with Crippen molar-refractivity contribution in [3.8, 4) is 0 Å². The summed E-state index contributed by atoms with van der Waals surface area (Å²) in [4.78, 5) is 2.26. The first-order valence-corrected chi connectivity index (χ1v) is 5.45. The molecule has 1 saturated heterocycles. The molecule has 88 valence electrons. The van der Waals surface area contributed by atoms with Crippen LogP contribution in [-0.4, -0.2) is 47.8 Å². The predicted octanol–water partition coefficient (Wildman–Crippen LogP) is 0.622. The quantitative estimate of drug-likeness (QED) is 0.312. The fraction of sp³-hybridized carbons (Fsp3) is 0.900. The second-order valence-corrected chi connectivity index (χ2v) is 4.20. The number of rotatable bonds is 4. The number of nitrogens with zero attached hydrogens (tertiary/aromatic N) is 2. The third-order valence-corrected chi connectivity index (χ3v) is 2.80. The van der Waals surface area contributed by atoms with Crippen molar-refractivity contribution in [2.45, 2.75) is 38.8 Å². The Balaban J connectivity index is 2.55.